The number of nitrogens with zero attached hydrogens (tertiary/aromatic N) is 2. The van der Waals surface area contributed by atoms with Gasteiger partial charge in [-0.3, -0.25) is 9.88 Å². The number of hydrogen-bond acceptors (Lipinski definition) is 3. The van der Waals surface area contributed by atoms with Crippen molar-refractivity contribution in [2.45, 2.75) is 64.1 Å². The van der Waals surface area contributed by atoms with Gasteiger partial charge in [0.2, 0.25) is 0 Å². The van der Waals surface area contributed by atoms with Crippen molar-refractivity contribution in [2.24, 2.45) is 0 Å². The van der Waals surface area contributed by atoms with E-state index in [9.17, 15) is 0 Å². The first-order chi connectivity index (χ1) is 14.4. The number of unbranched alkanes of at least 4 members (excludes halogenated alkanes) is 1. The van der Waals surface area contributed by atoms with Crippen LogP contribution in [0.15, 0.2) is 55.0 Å². The molecule has 3 aromatic rings. The molecule has 154 valence electrons. The van der Waals surface area contributed by atoms with Gasteiger partial charge in [0.1, 0.15) is 0 Å². The molecule has 1 aliphatic carbocycles. The summed E-state index contributed by atoms with van der Waals surface area (Å²) < 4.78 is 0. The number of fused-ring (bicyclic) bond motifs is 1. The Balaban J connectivity index is 1.32. The van der Waals surface area contributed by atoms with E-state index < -0.39 is 0 Å². The summed E-state index contributed by atoms with van der Waals surface area (Å²) in [5.41, 5.74) is 3.89. The highest BCUT2D eigenvalue weighted by Gasteiger charge is 2.13. The number of hydrogen-bond donors (Lipinski definition) is 2. The van der Waals surface area contributed by atoms with Crippen LogP contribution in [-0.2, 0) is 13.1 Å². The summed E-state index contributed by atoms with van der Waals surface area (Å²) in [5.74, 6) is 0. The third kappa shape index (κ3) is 5.91. The van der Waals surface area contributed by atoms with Gasteiger partial charge in [-0.15, -0.1) is 0 Å². The zero-order chi connectivity index (χ0) is 19.7. The molecule has 0 bridgehead atoms. The maximum atomic E-state index is 4.30. The van der Waals surface area contributed by atoms with Gasteiger partial charge in [0, 0.05) is 48.6 Å². The summed E-state index contributed by atoms with van der Waals surface area (Å²) in [6.07, 6.45) is 15.5. The second kappa shape index (κ2) is 10.6. The summed E-state index contributed by atoms with van der Waals surface area (Å²) in [7, 11) is 0. The minimum atomic E-state index is 0.765. The van der Waals surface area contributed by atoms with Gasteiger partial charge in [-0.2, -0.15) is 0 Å². The maximum Gasteiger partial charge on any atom is 0.0457 e. The first kappa shape index (κ1) is 20.1. The molecule has 0 radical (unpaired) electrons. The highest BCUT2D eigenvalue weighted by atomic mass is 15.1. The van der Waals surface area contributed by atoms with Crippen LogP contribution in [-0.4, -0.2) is 34.0 Å². The molecule has 2 aromatic heterocycles. The van der Waals surface area contributed by atoms with Crippen molar-refractivity contribution >= 4 is 10.9 Å². The van der Waals surface area contributed by atoms with E-state index in [1.165, 1.54) is 67.0 Å². The molecule has 4 nitrogen and oxygen atoms in total. The van der Waals surface area contributed by atoms with E-state index in [1.807, 2.05) is 18.5 Å². The lowest BCUT2D eigenvalue weighted by Crippen LogP contribution is -2.32. The fourth-order valence-corrected chi connectivity index (χ4v) is 4.54. The Bertz CT molecular complexity index is 851. The van der Waals surface area contributed by atoms with Crippen molar-refractivity contribution in [1.29, 1.82) is 0 Å². The Hall–Kier alpha value is -2.17. The fraction of sp³-hybridized carbons (Fsp3) is 0.480. The third-order valence-corrected chi connectivity index (χ3v) is 6.14. The van der Waals surface area contributed by atoms with Crippen LogP contribution < -0.4 is 5.32 Å². The van der Waals surface area contributed by atoms with E-state index in [0.29, 0.717) is 0 Å². The van der Waals surface area contributed by atoms with Crippen molar-refractivity contribution in [3.63, 3.8) is 0 Å². The predicted octanol–water partition coefficient (Wildman–Crippen LogP) is 5.27. The van der Waals surface area contributed by atoms with Gasteiger partial charge in [-0.05, 0) is 62.0 Å². The highest BCUT2D eigenvalue weighted by Crippen LogP contribution is 2.21. The number of para-hydroxylation sites is 1. The van der Waals surface area contributed by atoms with Crippen LogP contribution in [0.1, 0.15) is 56.1 Å². The molecule has 4 heteroatoms. The maximum absolute atomic E-state index is 4.30. The van der Waals surface area contributed by atoms with Crippen LogP contribution in [0.25, 0.3) is 10.9 Å². The van der Waals surface area contributed by atoms with Crippen molar-refractivity contribution in [3.05, 3.63) is 66.1 Å². The molecular weight excluding hydrogens is 356 g/mol. The van der Waals surface area contributed by atoms with Crippen LogP contribution in [0.4, 0.5) is 0 Å². The second-order valence-corrected chi connectivity index (χ2v) is 8.43. The smallest absolute Gasteiger partial charge is 0.0457 e. The summed E-state index contributed by atoms with van der Waals surface area (Å²) in [5, 5.41) is 5.12. The Labute approximate surface area is 174 Å². The molecule has 1 aromatic carbocycles. The van der Waals surface area contributed by atoms with Gasteiger partial charge in [0.15, 0.2) is 0 Å². The minimum Gasteiger partial charge on any atom is -0.361 e. The standard InChI is InChI=1S/C25H34N4/c1-2-10-23(11-3-1)27-15-6-7-16-29(19-21-9-8-14-26-17-21)20-22-18-28-25-13-5-4-12-24(22)25/h4-5,8-9,12-14,17-18,23,27-28H,1-3,6-7,10-11,15-16,19-20H2. The number of aromatic nitrogens is 2. The van der Waals surface area contributed by atoms with E-state index in [1.54, 1.807) is 0 Å². The summed E-state index contributed by atoms with van der Waals surface area (Å²) in [6.45, 7) is 4.18. The molecule has 4 rings (SSSR count). The lowest BCUT2D eigenvalue weighted by atomic mass is 9.95. The molecular formula is C25H34N4. The Kier molecular flexibility index (Phi) is 7.33. The van der Waals surface area contributed by atoms with Crippen LogP contribution in [0.5, 0.6) is 0 Å². The number of pyridine rings is 1. The monoisotopic (exact) mass is 390 g/mol. The first-order valence-corrected chi connectivity index (χ1v) is 11.3. The summed E-state index contributed by atoms with van der Waals surface area (Å²) in [4.78, 5) is 10.3. The van der Waals surface area contributed by atoms with Gasteiger partial charge in [0.25, 0.3) is 0 Å². The Morgan fingerprint density at radius 3 is 2.76 bits per heavy atom. The van der Waals surface area contributed by atoms with Gasteiger partial charge < -0.3 is 10.3 Å². The molecule has 0 aliphatic heterocycles. The molecule has 0 atom stereocenters. The van der Waals surface area contributed by atoms with Crippen LogP contribution in [0, 0.1) is 0 Å². The van der Waals surface area contributed by atoms with E-state index >= 15 is 0 Å². The molecule has 0 spiro atoms. The van der Waals surface area contributed by atoms with Crippen molar-refractivity contribution in [1.82, 2.24) is 20.2 Å². The normalized spacial score (nSPS) is 15.3. The lowest BCUT2D eigenvalue weighted by Gasteiger charge is -2.24. The average Bonchev–Trinajstić information content (AvgIpc) is 3.18. The molecule has 2 N–H and O–H groups in total. The molecule has 1 saturated carbocycles. The Morgan fingerprint density at radius 1 is 1.00 bits per heavy atom. The summed E-state index contributed by atoms with van der Waals surface area (Å²) >= 11 is 0. The Morgan fingerprint density at radius 2 is 1.90 bits per heavy atom. The fourth-order valence-electron chi connectivity index (χ4n) is 4.54. The van der Waals surface area contributed by atoms with E-state index in [4.69, 9.17) is 0 Å². The molecule has 1 aliphatic rings. The molecule has 1 fully saturated rings. The highest BCUT2D eigenvalue weighted by molar-refractivity contribution is 5.82. The average molecular weight is 391 g/mol. The number of aromatic amines is 1. The number of rotatable bonds is 10. The third-order valence-electron chi connectivity index (χ3n) is 6.14. The predicted molar refractivity (Wildman–Crippen MR) is 121 cm³/mol. The van der Waals surface area contributed by atoms with Crippen molar-refractivity contribution < 1.29 is 0 Å². The van der Waals surface area contributed by atoms with Gasteiger partial charge in [0.05, 0.1) is 0 Å². The quantitative estimate of drug-likeness (QED) is 0.464. The van der Waals surface area contributed by atoms with Gasteiger partial charge in [-0.1, -0.05) is 43.5 Å². The minimum absolute atomic E-state index is 0.765. The summed E-state index contributed by atoms with van der Waals surface area (Å²) in [6, 6.07) is 13.6. The van der Waals surface area contributed by atoms with E-state index in [-0.39, 0.29) is 0 Å². The number of nitrogens with one attached hydrogen (secondary N) is 2. The van der Waals surface area contributed by atoms with Crippen LogP contribution in [0.2, 0.25) is 0 Å². The number of benzene rings is 1. The molecule has 0 amide bonds. The SMILES string of the molecule is c1cncc(CN(CCCCNC2CCCCC2)Cc2c[nH]c3ccccc23)c1. The molecule has 29 heavy (non-hydrogen) atoms. The van der Waals surface area contributed by atoms with Gasteiger partial charge in [-0.25, -0.2) is 0 Å². The van der Waals surface area contributed by atoms with Gasteiger partial charge >= 0.3 is 0 Å². The number of H-pyrrole nitrogens is 1. The molecule has 2 heterocycles. The van der Waals surface area contributed by atoms with Crippen molar-refractivity contribution in [3.8, 4) is 0 Å². The largest absolute Gasteiger partial charge is 0.361 e. The second-order valence-electron chi connectivity index (χ2n) is 8.43. The van der Waals surface area contributed by atoms with Crippen molar-refractivity contribution in [2.75, 3.05) is 13.1 Å². The molecule has 0 unspecified atom stereocenters. The van der Waals surface area contributed by atoms with E-state index in [0.717, 1.165) is 32.2 Å². The lowest BCUT2D eigenvalue weighted by molar-refractivity contribution is 0.250. The molecule has 0 saturated heterocycles. The zero-order valence-electron chi connectivity index (χ0n) is 17.4. The first-order valence-electron chi connectivity index (χ1n) is 11.3. The van der Waals surface area contributed by atoms with Crippen LogP contribution in [0.3, 0.4) is 0 Å². The van der Waals surface area contributed by atoms with Crippen LogP contribution >= 0.6 is 0 Å². The zero-order valence-corrected chi connectivity index (χ0v) is 17.4. The topological polar surface area (TPSA) is 44.0 Å². The van der Waals surface area contributed by atoms with E-state index in [2.05, 4.69) is 56.7 Å².